The summed E-state index contributed by atoms with van der Waals surface area (Å²) >= 11 is 3.26. The molecule has 1 aromatic heterocycles. The van der Waals surface area contributed by atoms with Crippen molar-refractivity contribution in [3.8, 4) is 0 Å². The molecule has 1 aromatic rings. The first kappa shape index (κ1) is 10.2. The summed E-state index contributed by atoms with van der Waals surface area (Å²) in [5.41, 5.74) is 0.939. The number of halogens is 1. The fraction of sp³-hybridized carbons (Fsp3) is 0.333. The molecule has 3 nitrogen and oxygen atoms in total. The number of carboxylic acid groups (broad SMARTS) is 1. The Morgan fingerprint density at radius 2 is 2.38 bits per heavy atom. The number of carboxylic acids is 1. The van der Waals surface area contributed by atoms with Crippen LogP contribution in [-0.2, 0) is 6.42 Å². The number of hydrogen-bond donors (Lipinski definition) is 1. The van der Waals surface area contributed by atoms with E-state index in [0.717, 1.165) is 22.9 Å². The number of aryl methyl sites for hydroxylation is 1. The zero-order chi connectivity index (χ0) is 9.84. The highest BCUT2D eigenvalue weighted by Gasteiger charge is 2.10. The van der Waals surface area contributed by atoms with Crippen molar-refractivity contribution in [2.75, 3.05) is 0 Å². The maximum absolute atomic E-state index is 10.7. The predicted molar refractivity (Wildman–Crippen MR) is 52.9 cm³/mol. The third-order valence-electron chi connectivity index (χ3n) is 1.66. The summed E-state index contributed by atoms with van der Waals surface area (Å²) in [5, 5.41) is 8.81. The Hall–Kier alpha value is -0.900. The molecule has 0 aliphatic carbocycles. The van der Waals surface area contributed by atoms with E-state index in [4.69, 9.17) is 5.11 Å². The van der Waals surface area contributed by atoms with Crippen LogP contribution >= 0.6 is 15.9 Å². The lowest BCUT2D eigenvalue weighted by molar-refractivity contribution is 0.0689. The average molecular weight is 244 g/mol. The standard InChI is InChI=1S/C9H10BrNO2/c1-2-3-6-4-7(10)5-11-8(6)9(12)13/h4-5H,2-3H2,1H3,(H,12,13). The molecule has 0 radical (unpaired) electrons. The van der Waals surface area contributed by atoms with Crippen molar-refractivity contribution in [1.82, 2.24) is 4.98 Å². The summed E-state index contributed by atoms with van der Waals surface area (Å²) in [4.78, 5) is 14.6. The van der Waals surface area contributed by atoms with Gasteiger partial charge >= 0.3 is 5.97 Å². The van der Waals surface area contributed by atoms with Crippen LogP contribution in [0.3, 0.4) is 0 Å². The van der Waals surface area contributed by atoms with Gasteiger partial charge in [-0.05, 0) is 34.0 Å². The first-order valence-electron chi connectivity index (χ1n) is 4.03. The Balaban J connectivity index is 3.10. The molecule has 0 unspecified atom stereocenters. The molecule has 4 heteroatoms. The van der Waals surface area contributed by atoms with Crippen LogP contribution in [0, 0.1) is 0 Å². The maximum atomic E-state index is 10.7. The van der Waals surface area contributed by atoms with Crippen molar-refractivity contribution in [3.63, 3.8) is 0 Å². The van der Waals surface area contributed by atoms with Gasteiger partial charge in [0.25, 0.3) is 0 Å². The van der Waals surface area contributed by atoms with Crippen LogP contribution in [0.5, 0.6) is 0 Å². The SMILES string of the molecule is CCCc1cc(Br)cnc1C(=O)O. The van der Waals surface area contributed by atoms with E-state index in [1.165, 1.54) is 6.20 Å². The summed E-state index contributed by atoms with van der Waals surface area (Å²) in [6.07, 6.45) is 3.16. The van der Waals surface area contributed by atoms with Gasteiger partial charge in [0, 0.05) is 10.7 Å². The molecule has 70 valence electrons. The predicted octanol–water partition coefficient (Wildman–Crippen LogP) is 2.49. The molecule has 0 bridgehead atoms. The van der Waals surface area contributed by atoms with Crippen molar-refractivity contribution in [3.05, 3.63) is 28.0 Å². The molecule has 1 heterocycles. The normalized spacial score (nSPS) is 10.0. The topological polar surface area (TPSA) is 50.2 Å². The number of aromatic nitrogens is 1. The van der Waals surface area contributed by atoms with Crippen molar-refractivity contribution < 1.29 is 9.90 Å². The third-order valence-corrected chi connectivity index (χ3v) is 2.09. The van der Waals surface area contributed by atoms with Crippen LogP contribution < -0.4 is 0 Å². The second-order valence-corrected chi connectivity index (χ2v) is 3.63. The molecule has 0 fully saturated rings. The van der Waals surface area contributed by atoms with Crippen LogP contribution in [0.1, 0.15) is 29.4 Å². The number of pyridine rings is 1. The minimum atomic E-state index is -0.962. The van der Waals surface area contributed by atoms with Crippen LogP contribution in [0.15, 0.2) is 16.7 Å². The molecule has 0 aliphatic rings. The van der Waals surface area contributed by atoms with Gasteiger partial charge in [0.05, 0.1) is 0 Å². The number of hydrogen-bond acceptors (Lipinski definition) is 2. The smallest absolute Gasteiger partial charge is 0.354 e. The largest absolute Gasteiger partial charge is 0.477 e. The van der Waals surface area contributed by atoms with Gasteiger partial charge in [-0.15, -0.1) is 0 Å². The van der Waals surface area contributed by atoms with Crippen molar-refractivity contribution in [2.45, 2.75) is 19.8 Å². The van der Waals surface area contributed by atoms with E-state index >= 15 is 0 Å². The summed E-state index contributed by atoms with van der Waals surface area (Å²) in [7, 11) is 0. The lowest BCUT2D eigenvalue weighted by atomic mass is 10.1. The quantitative estimate of drug-likeness (QED) is 0.888. The molecular weight excluding hydrogens is 234 g/mol. The molecule has 0 saturated heterocycles. The molecule has 0 amide bonds. The average Bonchev–Trinajstić information content (AvgIpc) is 2.04. The second kappa shape index (κ2) is 4.37. The molecule has 13 heavy (non-hydrogen) atoms. The van der Waals surface area contributed by atoms with E-state index in [1.807, 2.05) is 6.92 Å². The minimum absolute atomic E-state index is 0.157. The highest BCUT2D eigenvalue weighted by molar-refractivity contribution is 9.10. The van der Waals surface area contributed by atoms with Gasteiger partial charge in [-0.1, -0.05) is 13.3 Å². The van der Waals surface area contributed by atoms with Crippen LogP contribution in [-0.4, -0.2) is 16.1 Å². The number of carbonyl (C=O) groups is 1. The van der Waals surface area contributed by atoms with Crippen LogP contribution in [0.25, 0.3) is 0 Å². The minimum Gasteiger partial charge on any atom is -0.477 e. The monoisotopic (exact) mass is 243 g/mol. The molecule has 1 N–H and O–H groups in total. The molecule has 0 atom stereocenters. The zero-order valence-electron chi connectivity index (χ0n) is 7.25. The first-order chi connectivity index (χ1) is 6.15. The summed E-state index contributed by atoms with van der Waals surface area (Å²) in [6, 6.07) is 1.81. The van der Waals surface area contributed by atoms with E-state index in [1.54, 1.807) is 6.07 Å². The summed E-state index contributed by atoms with van der Waals surface area (Å²) in [5.74, 6) is -0.962. The number of nitrogens with zero attached hydrogens (tertiary/aromatic N) is 1. The van der Waals surface area contributed by atoms with Crippen molar-refractivity contribution in [2.24, 2.45) is 0 Å². The maximum Gasteiger partial charge on any atom is 0.354 e. The van der Waals surface area contributed by atoms with Crippen molar-refractivity contribution >= 4 is 21.9 Å². The van der Waals surface area contributed by atoms with Gasteiger partial charge in [-0.25, -0.2) is 9.78 Å². The Labute approximate surface area is 84.9 Å². The Morgan fingerprint density at radius 1 is 1.69 bits per heavy atom. The van der Waals surface area contributed by atoms with Crippen molar-refractivity contribution in [1.29, 1.82) is 0 Å². The molecule has 0 saturated carbocycles. The lowest BCUT2D eigenvalue weighted by Crippen LogP contribution is -2.05. The van der Waals surface area contributed by atoms with E-state index in [-0.39, 0.29) is 5.69 Å². The van der Waals surface area contributed by atoms with E-state index in [2.05, 4.69) is 20.9 Å². The van der Waals surface area contributed by atoms with Crippen LogP contribution in [0.4, 0.5) is 0 Å². The van der Waals surface area contributed by atoms with Gasteiger partial charge in [0.1, 0.15) is 0 Å². The molecule has 1 rings (SSSR count). The Morgan fingerprint density at radius 3 is 2.92 bits per heavy atom. The zero-order valence-corrected chi connectivity index (χ0v) is 8.84. The molecule has 0 spiro atoms. The van der Waals surface area contributed by atoms with Gasteiger partial charge in [0.2, 0.25) is 0 Å². The van der Waals surface area contributed by atoms with Gasteiger partial charge in [0.15, 0.2) is 5.69 Å². The van der Waals surface area contributed by atoms with E-state index in [0.29, 0.717) is 0 Å². The van der Waals surface area contributed by atoms with E-state index < -0.39 is 5.97 Å². The summed E-state index contributed by atoms with van der Waals surface area (Å²) < 4.78 is 0.820. The number of aromatic carboxylic acids is 1. The summed E-state index contributed by atoms with van der Waals surface area (Å²) in [6.45, 7) is 2.01. The highest BCUT2D eigenvalue weighted by Crippen LogP contribution is 2.15. The van der Waals surface area contributed by atoms with Gasteiger partial charge < -0.3 is 5.11 Å². The van der Waals surface area contributed by atoms with Crippen LogP contribution in [0.2, 0.25) is 0 Å². The van der Waals surface area contributed by atoms with Gasteiger partial charge in [-0.3, -0.25) is 0 Å². The Bertz CT molecular complexity index is 325. The van der Waals surface area contributed by atoms with Gasteiger partial charge in [-0.2, -0.15) is 0 Å². The molecule has 0 aliphatic heterocycles. The fourth-order valence-corrected chi connectivity index (χ4v) is 1.51. The third kappa shape index (κ3) is 2.52. The highest BCUT2D eigenvalue weighted by atomic mass is 79.9. The lowest BCUT2D eigenvalue weighted by Gasteiger charge is -2.03. The molecule has 0 aromatic carbocycles. The number of rotatable bonds is 3. The second-order valence-electron chi connectivity index (χ2n) is 2.72. The fourth-order valence-electron chi connectivity index (χ4n) is 1.13. The van der Waals surface area contributed by atoms with E-state index in [9.17, 15) is 4.79 Å². The first-order valence-corrected chi connectivity index (χ1v) is 4.82. The molecular formula is C9H10BrNO2. The Kier molecular flexibility index (Phi) is 3.42.